The Morgan fingerprint density at radius 3 is 2.67 bits per heavy atom. The van der Waals surface area contributed by atoms with Crippen LogP contribution in [0.1, 0.15) is 38.3 Å². The van der Waals surface area contributed by atoms with E-state index >= 15 is 0 Å². The molecule has 0 unspecified atom stereocenters. The monoisotopic (exact) mass is 290 g/mol. The van der Waals surface area contributed by atoms with Gasteiger partial charge in [-0.05, 0) is 36.8 Å². The van der Waals surface area contributed by atoms with Gasteiger partial charge in [-0.15, -0.1) is 0 Å². The highest BCUT2D eigenvalue weighted by atomic mass is 15.3. The smallest absolute Gasteiger partial charge is 0.193 e. The summed E-state index contributed by atoms with van der Waals surface area (Å²) in [6.45, 7) is 4.30. The molecule has 21 heavy (non-hydrogen) atoms. The van der Waals surface area contributed by atoms with Crippen LogP contribution in [0.3, 0.4) is 0 Å². The van der Waals surface area contributed by atoms with E-state index in [4.69, 9.17) is 0 Å². The van der Waals surface area contributed by atoms with E-state index in [2.05, 4.69) is 59.1 Å². The van der Waals surface area contributed by atoms with Crippen molar-refractivity contribution in [3.05, 3.63) is 24.0 Å². The maximum absolute atomic E-state index is 4.42. The minimum atomic E-state index is 0.807. The largest absolute Gasteiger partial charge is 0.356 e. The standard InChI is InChI=1S/C17H30N4/c1-14-7-9-15(10-8-14)12-19-17(18-2)21(4)13-16-6-5-11-20(16)3/h5-6,11,14-15H,7-10,12-13H2,1-4H3,(H,18,19). The average molecular weight is 290 g/mol. The van der Waals surface area contributed by atoms with E-state index in [1.54, 1.807) is 0 Å². The molecule has 1 saturated carbocycles. The van der Waals surface area contributed by atoms with Crippen LogP contribution in [-0.4, -0.2) is 36.1 Å². The molecule has 4 heteroatoms. The number of nitrogens with one attached hydrogen (secondary N) is 1. The second kappa shape index (κ2) is 7.53. The Kier molecular flexibility index (Phi) is 5.71. The van der Waals surface area contributed by atoms with Crippen LogP contribution in [0.15, 0.2) is 23.3 Å². The lowest BCUT2D eigenvalue weighted by Crippen LogP contribution is -2.41. The topological polar surface area (TPSA) is 32.6 Å². The average Bonchev–Trinajstić information content (AvgIpc) is 2.87. The fourth-order valence-electron chi connectivity index (χ4n) is 3.13. The Labute approximate surface area is 129 Å². The Bertz CT molecular complexity index is 455. The van der Waals surface area contributed by atoms with Crippen LogP contribution in [0, 0.1) is 11.8 Å². The lowest BCUT2D eigenvalue weighted by Gasteiger charge is -2.28. The maximum atomic E-state index is 4.42. The van der Waals surface area contributed by atoms with Gasteiger partial charge < -0.3 is 14.8 Å². The highest BCUT2D eigenvalue weighted by Crippen LogP contribution is 2.27. The summed E-state index contributed by atoms with van der Waals surface area (Å²) in [5.74, 6) is 2.72. The van der Waals surface area contributed by atoms with Crippen molar-refractivity contribution >= 4 is 5.96 Å². The van der Waals surface area contributed by atoms with Crippen molar-refractivity contribution < 1.29 is 0 Å². The number of hydrogen-bond donors (Lipinski definition) is 1. The van der Waals surface area contributed by atoms with E-state index in [-0.39, 0.29) is 0 Å². The molecule has 0 saturated heterocycles. The van der Waals surface area contributed by atoms with Crippen LogP contribution in [0.2, 0.25) is 0 Å². The molecule has 1 aliphatic carbocycles. The number of hydrogen-bond acceptors (Lipinski definition) is 1. The molecular formula is C17H30N4. The first-order valence-electron chi connectivity index (χ1n) is 8.12. The van der Waals surface area contributed by atoms with E-state index in [0.29, 0.717) is 0 Å². The molecule has 4 nitrogen and oxygen atoms in total. The molecule has 0 radical (unpaired) electrons. The first-order valence-corrected chi connectivity index (χ1v) is 8.12. The molecule has 1 heterocycles. The van der Waals surface area contributed by atoms with Gasteiger partial charge in [0.25, 0.3) is 0 Å². The van der Waals surface area contributed by atoms with E-state index in [1.165, 1.54) is 31.4 Å². The molecule has 1 aromatic rings. The molecule has 0 atom stereocenters. The summed E-state index contributed by atoms with van der Waals surface area (Å²) >= 11 is 0. The number of nitrogens with zero attached hydrogens (tertiary/aromatic N) is 3. The van der Waals surface area contributed by atoms with E-state index in [1.807, 2.05) is 7.05 Å². The van der Waals surface area contributed by atoms with Gasteiger partial charge in [0, 0.05) is 39.6 Å². The zero-order valence-electron chi connectivity index (χ0n) is 14.0. The molecule has 118 valence electrons. The number of rotatable bonds is 4. The van der Waals surface area contributed by atoms with Gasteiger partial charge in [0.05, 0.1) is 6.54 Å². The normalized spacial score (nSPS) is 23.1. The van der Waals surface area contributed by atoms with Crippen LogP contribution in [0.4, 0.5) is 0 Å². The van der Waals surface area contributed by atoms with Crippen LogP contribution >= 0.6 is 0 Å². The molecule has 1 fully saturated rings. The van der Waals surface area contributed by atoms with Gasteiger partial charge >= 0.3 is 0 Å². The Morgan fingerprint density at radius 1 is 1.38 bits per heavy atom. The maximum Gasteiger partial charge on any atom is 0.193 e. The highest BCUT2D eigenvalue weighted by molar-refractivity contribution is 5.79. The third-order valence-corrected chi connectivity index (χ3v) is 4.71. The summed E-state index contributed by atoms with van der Waals surface area (Å²) < 4.78 is 2.16. The number of aliphatic imine (C=N–C) groups is 1. The van der Waals surface area contributed by atoms with Crippen LogP contribution in [0.25, 0.3) is 0 Å². The Hall–Kier alpha value is -1.45. The fourth-order valence-corrected chi connectivity index (χ4v) is 3.13. The van der Waals surface area contributed by atoms with Crippen LogP contribution in [-0.2, 0) is 13.6 Å². The van der Waals surface area contributed by atoms with Crippen LogP contribution < -0.4 is 5.32 Å². The Morgan fingerprint density at radius 2 is 2.10 bits per heavy atom. The summed E-state index contributed by atoms with van der Waals surface area (Å²) in [5.41, 5.74) is 1.30. The predicted molar refractivity (Wildman–Crippen MR) is 89.4 cm³/mol. The van der Waals surface area contributed by atoms with Crippen molar-refractivity contribution in [2.75, 3.05) is 20.6 Å². The highest BCUT2D eigenvalue weighted by Gasteiger charge is 2.19. The minimum Gasteiger partial charge on any atom is -0.356 e. The minimum absolute atomic E-state index is 0.807. The molecule has 0 aromatic carbocycles. The van der Waals surface area contributed by atoms with Crippen molar-refractivity contribution in [2.24, 2.45) is 23.9 Å². The van der Waals surface area contributed by atoms with Gasteiger partial charge in [-0.2, -0.15) is 0 Å². The van der Waals surface area contributed by atoms with E-state index in [9.17, 15) is 0 Å². The third kappa shape index (κ3) is 4.51. The van der Waals surface area contributed by atoms with Crippen molar-refractivity contribution in [2.45, 2.75) is 39.2 Å². The molecule has 0 spiro atoms. The van der Waals surface area contributed by atoms with Crippen molar-refractivity contribution in [1.82, 2.24) is 14.8 Å². The van der Waals surface area contributed by atoms with Gasteiger partial charge in [-0.3, -0.25) is 4.99 Å². The zero-order chi connectivity index (χ0) is 15.2. The van der Waals surface area contributed by atoms with Gasteiger partial charge in [0.2, 0.25) is 0 Å². The number of aromatic nitrogens is 1. The molecule has 0 aliphatic heterocycles. The lowest BCUT2D eigenvalue weighted by atomic mass is 9.83. The van der Waals surface area contributed by atoms with Crippen molar-refractivity contribution in [3.63, 3.8) is 0 Å². The van der Waals surface area contributed by atoms with Gasteiger partial charge in [0.15, 0.2) is 5.96 Å². The van der Waals surface area contributed by atoms with Gasteiger partial charge in [0.1, 0.15) is 0 Å². The summed E-state index contributed by atoms with van der Waals surface area (Å²) in [5, 5.41) is 3.55. The van der Waals surface area contributed by atoms with Gasteiger partial charge in [-0.25, -0.2) is 0 Å². The SMILES string of the molecule is CN=C(NCC1CCC(C)CC1)N(C)Cc1cccn1C. The fraction of sp³-hybridized carbons (Fsp3) is 0.706. The first kappa shape index (κ1) is 15.9. The lowest BCUT2D eigenvalue weighted by molar-refractivity contribution is 0.287. The molecule has 2 rings (SSSR count). The summed E-state index contributed by atoms with van der Waals surface area (Å²) in [4.78, 5) is 6.61. The Balaban J connectivity index is 1.81. The molecular weight excluding hydrogens is 260 g/mol. The van der Waals surface area contributed by atoms with E-state index < -0.39 is 0 Å². The molecule has 1 aliphatic rings. The van der Waals surface area contributed by atoms with Gasteiger partial charge in [-0.1, -0.05) is 19.8 Å². The van der Waals surface area contributed by atoms with Crippen molar-refractivity contribution in [3.8, 4) is 0 Å². The summed E-state index contributed by atoms with van der Waals surface area (Å²) in [6.07, 6.45) is 7.55. The van der Waals surface area contributed by atoms with E-state index in [0.717, 1.165) is 30.9 Å². The summed E-state index contributed by atoms with van der Waals surface area (Å²) in [6, 6.07) is 4.24. The van der Waals surface area contributed by atoms with Crippen molar-refractivity contribution in [1.29, 1.82) is 0 Å². The zero-order valence-corrected chi connectivity index (χ0v) is 14.0. The number of guanidine groups is 1. The number of aryl methyl sites for hydroxylation is 1. The molecule has 1 N–H and O–H groups in total. The van der Waals surface area contributed by atoms with Crippen LogP contribution in [0.5, 0.6) is 0 Å². The molecule has 1 aromatic heterocycles. The molecule has 0 amide bonds. The summed E-state index contributed by atoms with van der Waals surface area (Å²) in [7, 11) is 6.06. The quantitative estimate of drug-likeness (QED) is 0.683. The second-order valence-corrected chi connectivity index (χ2v) is 6.52. The molecule has 0 bridgehead atoms. The predicted octanol–water partition coefficient (Wildman–Crippen LogP) is 2.86. The second-order valence-electron chi connectivity index (χ2n) is 6.52. The first-order chi connectivity index (χ1) is 10.1. The third-order valence-electron chi connectivity index (χ3n) is 4.71.